The predicted octanol–water partition coefficient (Wildman–Crippen LogP) is 4.07. The van der Waals surface area contributed by atoms with E-state index < -0.39 is 11.5 Å². The number of halogens is 1. The zero-order valence-electron chi connectivity index (χ0n) is 11.6. The highest BCUT2D eigenvalue weighted by atomic mass is 35.5. The molecule has 1 N–H and O–H groups in total. The fourth-order valence-electron chi connectivity index (χ4n) is 3.11. The zero-order chi connectivity index (χ0) is 14.9. The Kier molecular flexibility index (Phi) is 3.71. The average molecular weight is 298 g/mol. The predicted molar refractivity (Wildman–Crippen MR) is 82.9 cm³/mol. The number of fused-ring (bicyclic) bond motifs is 1. The Morgan fingerprint density at radius 3 is 2.43 bits per heavy atom. The summed E-state index contributed by atoms with van der Waals surface area (Å²) in [6.07, 6.45) is 1.29. The first kappa shape index (κ1) is 14.1. The van der Waals surface area contributed by atoms with Crippen LogP contribution in [0, 0.1) is 16.7 Å². The SMILES string of the molecule is N#CC1(C(O)c2ccc(Cl)cc2)CCc2ccccc2C1. The summed E-state index contributed by atoms with van der Waals surface area (Å²) in [5.41, 5.74) is 2.44. The van der Waals surface area contributed by atoms with Crippen molar-refractivity contribution < 1.29 is 5.11 Å². The molecule has 2 atom stereocenters. The van der Waals surface area contributed by atoms with Crippen LogP contribution in [0.25, 0.3) is 0 Å². The molecule has 1 aliphatic rings. The molecule has 106 valence electrons. The first-order chi connectivity index (χ1) is 10.1. The first-order valence-electron chi connectivity index (χ1n) is 7.06. The van der Waals surface area contributed by atoms with E-state index in [4.69, 9.17) is 11.6 Å². The molecule has 0 saturated carbocycles. The van der Waals surface area contributed by atoms with Crippen LogP contribution in [0.5, 0.6) is 0 Å². The molecular formula is C18H16ClNO. The summed E-state index contributed by atoms with van der Waals surface area (Å²) in [5, 5.41) is 21.1. The highest BCUT2D eigenvalue weighted by molar-refractivity contribution is 6.30. The van der Waals surface area contributed by atoms with E-state index in [1.165, 1.54) is 11.1 Å². The maximum absolute atomic E-state index is 10.7. The van der Waals surface area contributed by atoms with Gasteiger partial charge in [0.25, 0.3) is 0 Å². The number of aliphatic hydroxyl groups is 1. The van der Waals surface area contributed by atoms with Gasteiger partial charge in [-0.05, 0) is 48.1 Å². The monoisotopic (exact) mass is 297 g/mol. The minimum atomic E-state index is -0.798. The molecule has 0 saturated heterocycles. The summed E-state index contributed by atoms with van der Waals surface area (Å²) >= 11 is 5.89. The lowest BCUT2D eigenvalue weighted by molar-refractivity contribution is 0.0526. The smallest absolute Gasteiger partial charge is 0.0979 e. The van der Waals surface area contributed by atoms with E-state index in [0.29, 0.717) is 17.9 Å². The molecule has 3 heteroatoms. The van der Waals surface area contributed by atoms with Gasteiger partial charge >= 0.3 is 0 Å². The van der Waals surface area contributed by atoms with Crippen molar-refractivity contribution >= 4 is 11.6 Å². The molecule has 0 heterocycles. The Hall–Kier alpha value is -1.82. The van der Waals surface area contributed by atoms with E-state index in [1.54, 1.807) is 24.3 Å². The third-order valence-corrected chi connectivity index (χ3v) is 4.65. The normalized spacial score (nSPS) is 22.1. The maximum Gasteiger partial charge on any atom is 0.0979 e. The fraction of sp³-hybridized carbons (Fsp3) is 0.278. The lowest BCUT2D eigenvalue weighted by Crippen LogP contribution is -2.34. The summed E-state index contributed by atoms with van der Waals surface area (Å²) in [6, 6.07) is 17.7. The van der Waals surface area contributed by atoms with E-state index >= 15 is 0 Å². The number of nitriles is 1. The number of hydrogen-bond donors (Lipinski definition) is 1. The van der Waals surface area contributed by atoms with Gasteiger partial charge in [-0.15, -0.1) is 0 Å². The molecule has 1 aliphatic carbocycles. The van der Waals surface area contributed by atoms with Crippen molar-refractivity contribution in [1.29, 1.82) is 5.26 Å². The molecule has 0 radical (unpaired) electrons. The van der Waals surface area contributed by atoms with Crippen LogP contribution in [-0.2, 0) is 12.8 Å². The van der Waals surface area contributed by atoms with Crippen LogP contribution in [0.3, 0.4) is 0 Å². The number of benzene rings is 2. The molecule has 0 amide bonds. The maximum atomic E-state index is 10.7. The van der Waals surface area contributed by atoms with Gasteiger partial charge in [0.15, 0.2) is 0 Å². The lowest BCUT2D eigenvalue weighted by Gasteiger charge is -2.36. The van der Waals surface area contributed by atoms with Crippen LogP contribution < -0.4 is 0 Å². The lowest BCUT2D eigenvalue weighted by atomic mass is 9.67. The van der Waals surface area contributed by atoms with E-state index in [2.05, 4.69) is 18.2 Å². The Labute approximate surface area is 129 Å². The molecule has 2 nitrogen and oxygen atoms in total. The number of aliphatic hydroxyl groups excluding tert-OH is 1. The summed E-state index contributed by atoms with van der Waals surface area (Å²) in [4.78, 5) is 0. The molecule has 21 heavy (non-hydrogen) atoms. The molecule has 0 bridgehead atoms. The molecular weight excluding hydrogens is 282 g/mol. The van der Waals surface area contributed by atoms with Crippen molar-refractivity contribution in [3.63, 3.8) is 0 Å². The van der Waals surface area contributed by atoms with Gasteiger partial charge in [-0.2, -0.15) is 5.26 Å². The van der Waals surface area contributed by atoms with Gasteiger partial charge in [-0.1, -0.05) is 48.0 Å². The van der Waals surface area contributed by atoms with E-state index in [0.717, 1.165) is 12.0 Å². The Morgan fingerprint density at radius 1 is 1.10 bits per heavy atom. The van der Waals surface area contributed by atoms with Crippen LogP contribution >= 0.6 is 11.6 Å². The summed E-state index contributed by atoms with van der Waals surface area (Å²) in [5.74, 6) is 0. The molecule has 2 unspecified atom stereocenters. The molecule has 0 fully saturated rings. The molecule has 2 aromatic carbocycles. The van der Waals surface area contributed by atoms with Crippen LogP contribution in [0.1, 0.15) is 29.2 Å². The van der Waals surface area contributed by atoms with Crippen molar-refractivity contribution in [2.24, 2.45) is 5.41 Å². The Bertz CT molecular complexity index is 689. The fourth-order valence-corrected chi connectivity index (χ4v) is 3.24. The van der Waals surface area contributed by atoms with E-state index in [9.17, 15) is 10.4 Å². The van der Waals surface area contributed by atoms with Gasteiger partial charge in [0.2, 0.25) is 0 Å². The van der Waals surface area contributed by atoms with Gasteiger partial charge in [0, 0.05) is 5.02 Å². The standard InChI is InChI=1S/C18H16ClNO/c19-16-7-5-14(6-8-16)17(21)18(12-20)10-9-13-3-1-2-4-15(13)11-18/h1-8,17,21H,9-11H2. The van der Waals surface area contributed by atoms with Crippen molar-refractivity contribution in [3.8, 4) is 6.07 Å². The second kappa shape index (κ2) is 5.52. The molecule has 0 aliphatic heterocycles. The van der Waals surface area contributed by atoms with Gasteiger partial charge in [0.05, 0.1) is 17.6 Å². The highest BCUT2D eigenvalue weighted by Crippen LogP contribution is 2.44. The highest BCUT2D eigenvalue weighted by Gasteiger charge is 2.41. The summed E-state index contributed by atoms with van der Waals surface area (Å²) in [7, 11) is 0. The number of hydrogen-bond acceptors (Lipinski definition) is 2. The topological polar surface area (TPSA) is 44.0 Å². The number of rotatable bonds is 2. The first-order valence-corrected chi connectivity index (χ1v) is 7.44. The van der Waals surface area contributed by atoms with E-state index in [-0.39, 0.29) is 0 Å². The molecule has 2 aromatic rings. The summed E-state index contributed by atoms with van der Waals surface area (Å²) in [6.45, 7) is 0. The minimum absolute atomic E-state index is 0.587. The molecule has 3 rings (SSSR count). The van der Waals surface area contributed by atoms with E-state index in [1.807, 2.05) is 12.1 Å². The van der Waals surface area contributed by atoms with Crippen molar-refractivity contribution in [3.05, 3.63) is 70.2 Å². The van der Waals surface area contributed by atoms with Crippen LogP contribution in [-0.4, -0.2) is 5.11 Å². The molecule has 0 spiro atoms. The van der Waals surface area contributed by atoms with Gasteiger partial charge in [-0.25, -0.2) is 0 Å². The Morgan fingerprint density at radius 2 is 1.76 bits per heavy atom. The van der Waals surface area contributed by atoms with Crippen LogP contribution in [0.2, 0.25) is 5.02 Å². The van der Waals surface area contributed by atoms with Crippen LogP contribution in [0.4, 0.5) is 0 Å². The average Bonchev–Trinajstić information content (AvgIpc) is 2.54. The quantitative estimate of drug-likeness (QED) is 0.908. The molecule has 0 aromatic heterocycles. The van der Waals surface area contributed by atoms with Gasteiger partial charge in [0.1, 0.15) is 0 Å². The van der Waals surface area contributed by atoms with Gasteiger partial charge < -0.3 is 5.11 Å². The number of nitrogens with zero attached hydrogens (tertiary/aromatic N) is 1. The van der Waals surface area contributed by atoms with Crippen molar-refractivity contribution in [2.45, 2.75) is 25.4 Å². The summed E-state index contributed by atoms with van der Waals surface area (Å²) < 4.78 is 0. The Balaban J connectivity index is 1.95. The second-order valence-corrected chi connectivity index (χ2v) is 6.10. The largest absolute Gasteiger partial charge is 0.387 e. The van der Waals surface area contributed by atoms with Gasteiger partial charge in [-0.3, -0.25) is 0 Å². The zero-order valence-corrected chi connectivity index (χ0v) is 12.3. The number of aryl methyl sites for hydroxylation is 1. The van der Waals surface area contributed by atoms with Crippen molar-refractivity contribution in [2.75, 3.05) is 0 Å². The van der Waals surface area contributed by atoms with Crippen molar-refractivity contribution in [1.82, 2.24) is 0 Å². The van der Waals surface area contributed by atoms with Crippen LogP contribution in [0.15, 0.2) is 48.5 Å². The minimum Gasteiger partial charge on any atom is -0.387 e. The third kappa shape index (κ3) is 2.55. The second-order valence-electron chi connectivity index (χ2n) is 5.67. The third-order valence-electron chi connectivity index (χ3n) is 4.40.